The molecule has 0 unspecified atom stereocenters. The standard InChI is InChI=1S/C16H23N3OS/c1-10(2)14(20)15-13(18)12(8-17)16(21-15)19(3)9-11-6-4-5-7-11/h10-11H,4-7,9,18H2,1-3H3. The number of nitrogen functional groups attached to an aromatic ring is 1. The van der Waals surface area contributed by atoms with Crippen molar-refractivity contribution in [2.45, 2.75) is 39.5 Å². The van der Waals surface area contributed by atoms with Crippen molar-refractivity contribution >= 4 is 27.8 Å². The third-order valence-corrected chi connectivity index (χ3v) is 5.47. The molecule has 0 spiro atoms. The molecule has 4 nitrogen and oxygen atoms in total. The van der Waals surface area contributed by atoms with Crippen LogP contribution in [0.25, 0.3) is 0 Å². The van der Waals surface area contributed by atoms with E-state index in [2.05, 4.69) is 11.0 Å². The number of ketones is 1. The van der Waals surface area contributed by atoms with Gasteiger partial charge in [0.2, 0.25) is 0 Å². The number of rotatable bonds is 5. The van der Waals surface area contributed by atoms with Gasteiger partial charge < -0.3 is 10.6 Å². The Morgan fingerprint density at radius 2 is 2.10 bits per heavy atom. The molecule has 1 aromatic rings. The topological polar surface area (TPSA) is 70.1 Å². The van der Waals surface area contributed by atoms with Crippen LogP contribution in [-0.4, -0.2) is 19.4 Å². The van der Waals surface area contributed by atoms with Crippen LogP contribution in [0.15, 0.2) is 0 Å². The Hall–Kier alpha value is -1.54. The highest BCUT2D eigenvalue weighted by atomic mass is 32.1. The summed E-state index contributed by atoms with van der Waals surface area (Å²) < 4.78 is 0. The SMILES string of the molecule is CC(C)C(=O)c1sc(N(C)CC2CCCC2)c(C#N)c1N. The van der Waals surface area contributed by atoms with Crippen LogP contribution in [0.1, 0.15) is 54.8 Å². The van der Waals surface area contributed by atoms with Gasteiger partial charge in [-0.15, -0.1) is 11.3 Å². The number of carbonyl (C=O) groups is 1. The Kier molecular flexibility index (Phi) is 4.89. The van der Waals surface area contributed by atoms with Crippen molar-refractivity contribution in [1.82, 2.24) is 0 Å². The Balaban J connectivity index is 2.28. The second-order valence-electron chi connectivity index (χ2n) is 6.19. The second-order valence-corrected chi connectivity index (χ2v) is 7.19. The van der Waals surface area contributed by atoms with E-state index in [0.29, 0.717) is 22.0 Å². The first kappa shape index (κ1) is 15.8. The maximum Gasteiger partial charge on any atom is 0.177 e. The van der Waals surface area contributed by atoms with Gasteiger partial charge in [0.25, 0.3) is 0 Å². The van der Waals surface area contributed by atoms with Crippen molar-refractivity contribution in [2.24, 2.45) is 11.8 Å². The number of hydrogen-bond donors (Lipinski definition) is 1. The Bertz CT molecular complexity index is 565. The molecule has 1 fully saturated rings. The minimum Gasteiger partial charge on any atom is -0.396 e. The lowest BCUT2D eigenvalue weighted by Gasteiger charge is -2.21. The first-order valence-corrected chi connectivity index (χ1v) is 8.35. The van der Waals surface area contributed by atoms with E-state index in [-0.39, 0.29) is 11.7 Å². The number of Topliss-reactive ketones (excluding diaryl/α,β-unsaturated/α-hetero) is 1. The predicted octanol–water partition coefficient (Wildman–Crippen LogP) is 3.67. The molecule has 1 aliphatic rings. The van der Waals surface area contributed by atoms with E-state index in [1.54, 1.807) is 0 Å². The van der Waals surface area contributed by atoms with E-state index in [0.717, 1.165) is 11.5 Å². The number of thiophene rings is 1. The van der Waals surface area contributed by atoms with Gasteiger partial charge in [-0.25, -0.2) is 0 Å². The fraction of sp³-hybridized carbons (Fsp3) is 0.625. The summed E-state index contributed by atoms with van der Waals surface area (Å²) >= 11 is 1.37. The summed E-state index contributed by atoms with van der Waals surface area (Å²) in [5.41, 5.74) is 6.86. The van der Waals surface area contributed by atoms with Crippen LogP contribution in [0.3, 0.4) is 0 Å². The van der Waals surface area contributed by atoms with Gasteiger partial charge in [0.15, 0.2) is 5.78 Å². The van der Waals surface area contributed by atoms with Crippen molar-refractivity contribution in [3.63, 3.8) is 0 Å². The van der Waals surface area contributed by atoms with Crippen LogP contribution >= 0.6 is 11.3 Å². The first-order valence-electron chi connectivity index (χ1n) is 7.53. The van der Waals surface area contributed by atoms with Gasteiger partial charge in [0.05, 0.1) is 10.6 Å². The van der Waals surface area contributed by atoms with Crippen LogP contribution in [0.5, 0.6) is 0 Å². The van der Waals surface area contributed by atoms with Gasteiger partial charge in [0.1, 0.15) is 16.6 Å². The summed E-state index contributed by atoms with van der Waals surface area (Å²) in [6, 6.07) is 2.18. The lowest BCUT2D eigenvalue weighted by molar-refractivity contribution is 0.0944. The van der Waals surface area contributed by atoms with Crippen molar-refractivity contribution in [1.29, 1.82) is 5.26 Å². The molecule has 1 saturated carbocycles. The third-order valence-electron chi connectivity index (χ3n) is 4.14. The van der Waals surface area contributed by atoms with Crippen molar-refractivity contribution in [3.8, 4) is 6.07 Å². The number of nitriles is 1. The molecule has 1 aliphatic carbocycles. The molecule has 1 heterocycles. The molecule has 0 bridgehead atoms. The third kappa shape index (κ3) is 3.21. The first-order chi connectivity index (χ1) is 9.95. The van der Waals surface area contributed by atoms with Gasteiger partial charge in [-0.1, -0.05) is 26.7 Å². The number of carbonyl (C=O) groups excluding carboxylic acids is 1. The summed E-state index contributed by atoms with van der Waals surface area (Å²) in [5, 5.41) is 10.2. The number of nitrogens with two attached hydrogens (primary N) is 1. The second kappa shape index (κ2) is 6.48. The Morgan fingerprint density at radius 1 is 1.48 bits per heavy atom. The Morgan fingerprint density at radius 3 is 2.62 bits per heavy atom. The zero-order valence-electron chi connectivity index (χ0n) is 13.0. The monoisotopic (exact) mass is 305 g/mol. The fourth-order valence-electron chi connectivity index (χ4n) is 2.92. The summed E-state index contributed by atoms with van der Waals surface area (Å²) in [6.07, 6.45) is 5.11. The largest absolute Gasteiger partial charge is 0.396 e. The average Bonchev–Trinajstić information content (AvgIpc) is 3.05. The molecule has 0 amide bonds. The van der Waals surface area contributed by atoms with Crippen molar-refractivity contribution < 1.29 is 4.79 Å². The van der Waals surface area contributed by atoms with Crippen LogP contribution in [0, 0.1) is 23.2 Å². The molecule has 1 aromatic heterocycles. The van der Waals surface area contributed by atoms with Crippen molar-refractivity contribution in [2.75, 3.05) is 24.2 Å². The molecule has 5 heteroatoms. The average molecular weight is 305 g/mol. The smallest absolute Gasteiger partial charge is 0.177 e. The number of nitrogens with zero attached hydrogens (tertiary/aromatic N) is 2. The lowest BCUT2D eigenvalue weighted by atomic mass is 10.1. The molecular formula is C16H23N3OS. The zero-order chi connectivity index (χ0) is 15.6. The number of anilines is 2. The molecule has 2 rings (SSSR count). The highest BCUT2D eigenvalue weighted by Crippen LogP contribution is 2.39. The van der Waals surface area contributed by atoms with E-state index in [9.17, 15) is 10.1 Å². The van der Waals surface area contributed by atoms with E-state index < -0.39 is 0 Å². The molecule has 2 N–H and O–H groups in total. The van der Waals surface area contributed by atoms with Crippen LogP contribution in [0.4, 0.5) is 10.7 Å². The summed E-state index contributed by atoms with van der Waals surface area (Å²) in [4.78, 5) is 14.9. The van der Waals surface area contributed by atoms with Gasteiger partial charge >= 0.3 is 0 Å². The molecule has 114 valence electrons. The fourth-order valence-corrected chi connectivity index (χ4v) is 4.15. The minimum atomic E-state index is -0.106. The van der Waals surface area contributed by atoms with Crippen molar-refractivity contribution in [3.05, 3.63) is 10.4 Å². The molecular weight excluding hydrogens is 282 g/mol. The predicted molar refractivity (Wildman–Crippen MR) is 87.8 cm³/mol. The molecule has 0 saturated heterocycles. The maximum absolute atomic E-state index is 12.2. The summed E-state index contributed by atoms with van der Waals surface area (Å²) in [5.74, 6) is 0.606. The van der Waals surface area contributed by atoms with E-state index in [1.165, 1.54) is 37.0 Å². The minimum absolute atomic E-state index is 0.0227. The maximum atomic E-state index is 12.2. The highest BCUT2D eigenvalue weighted by molar-refractivity contribution is 7.19. The Labute approximate surface area is 130 Å². The summed E-state index contributed by atoms with van der Waals surface area (Å²) in [7, 11) is 1.99. The van der Waals surface area contributed by atoms with E-state index in [1.807, 2.05) is 20.9 Å². The molecule has 0 radical (unpaired) electrons. The van der Waals surface area contributed by atoms with E-state index in [4.69, 9.17) is 5.73 Å². The lowest BCUT2D eigenvalue weighted by Crippen LogP contribution is -2.23. The van der Waals surface area contributed by atoms with Gasteiger partial charge in [-0.3, -0.25) is 4.79 Å². The summed E-state index contributed by atoms with van der Waals surface area (Å²) in [6.45, 7) is 4.65. The van der Waals surface area contributed by atoms with Crippen LogP contribution in [-0.2, 0) is 0 Å². The molecule has 0 aliphatic heterocycles. The highest BCUT2D eigenvalue weighted by Gasteiger charge is 2.26. The quantitative estimate of drug-likeness (QED) is 0.843. The number of hydrogen-bond acceptors (Lipinski definition) is 5. The van der Waals surface area contributed by atoms with Crippen LogP contribution < -0.4 is 10.6 Å². The van der Waals surface area contributed by atoms with Gasteiger partial charge in [-0.2, -0.15) is 5.26 Å². The molecule has 21 heavy (non-hydrogen) atoms. The zero-order valence-corrected chi connectivity index (χ0v) is 13.8. The van der Waals surface area contributed by atoms with Gasteiger partial charge in [-0.05, 0) is 18.8 Å². The van der Waals surface area contributed by atoms with Crippen LogP contribution in [0.2, 0.25) is 0 Å². The van der Waals surface area contributed by atoms with Gasteiger partial charge in [0, 0.05) is 19.5 Å². The molecule has 0 atom stereocenters. The normalized spacial score (nSPS) is 15.4. The molecule has 0 aromatic carbocycles. The van der Waals surface area contributed by atoms with E-state index >= 15 is 0 Å².